The van der Waals surface area contributed by atoms with Gasteiger partial charge in [-0.15, -0.1) is 0 Å². The van der Waals surface area contributed by atoms with Crippen molar-refractivity contribution in [2.45, 2.75) is 5.66 Å². The van der Waals surface area contributed by atoms with E-state index in [1.165, 1.54) is 0 Å². The van der Waals surface area contributed by atoms with Gasteiger partial charge in [0.2, 0.25) is 0 Å². The van der Waals surface area contributed by atoms with E-state index in [0.29, 0.717) is 46.0 Å². The summed E-state index contributed by atoms with van der Waals surface area (Å²) in [5.41, 5.74) is 2.31. The topological polar surface area (TPSA) is 54.0 Å². The average Bonchev–Trinajstić information content (AvgIpc) is 3.36. The summed E-state index contributed by atoms with van der Waals surface area (Å²) in [6.45, 7) is 1.11. The van der Waals surface area contributed by atoms with Crippen LogP contribution in [0.15, 0.2) is 66.7 Å². The zero-order valence-electron chi connectivity index (χ0n) is 18.2. The number of methoxy groups -OCH3 is 2. The summed E-state index contributed by atoms with van der Waals surface area (Å²) in [6, 6.07) is 21.1. The van der Waals surface area contributed by atoms with Crippen molar-refractivity contribution in [2.24, 2.45) is 0 Å². The second-order valence-electron chi connectivity index (χ2n) is 7.81. The number of rotatable bonds is 4. The fraction of sp³-hybridized carbons (Fsp3) is 0.200. The molecule has 2 aliphatic rings. The van der Waals surface area contributed by atoms with E-state index in [9.17, 15) is 4.79 Å². The molecule has 0 bridgehead atoms. The number of halogens is 1. The molecule has 0 aliphatic carbocycles. The molecule has 8 heteroatoms. The zero-order valence-corrected chi connectivity index (χ0v) is 19.7. The van der Waals surface area contributed by atoms with Gasteiger partial charge in [0.15, 0.2) is 10.8 Å². The lowest BCUT2D eigenvalue weighted by molar-refractivity contribution is 0.0604. The molecule has 3 aromatic carbocycles. The number of benzene rings is 3. The Labute approximate surface area is 202 Å². The molecule has 1 amide bonds. The third kappa shape index (κ3) is 3.14. The van der Waals surface area contributed by atoms with Gasteiger partial charge >= 0.3 is 0 Å². The fourth-order valence-corrected chi connectivity index (χ4v) is 5.41. The molecule has 6 nitrogen and oxygen atoms in total. The highest BCUT2D eigenvalue weighted by Crippen LogP contribution is 2.50. The van der Waals surface area contributed by atoms with Crippen LogP contribution in [0.3, 0.4) is 0 Å². The third-order valence-electron chi connectivity index (χ3n) is 6.23. The Morgan fingerprint density at radius 1 is 1.00 bits per heavy atom. The lowest BCUT2D eigenvalue weighted by Gasteiger charge is -2.41. The quantitative estimate of drug-likeness (QED) is 0.546. The van der Waals surface area contributed by atoms with Crippen LogP contribution in [0.4, 0.5) is 5.69 Å². The van der Waals surface area contributed by atoms with Gasteiger partial charge in [-0.1, -0.05) is 60.1 Å². The van der Waals surface area contributed by atoms with Crippen LogP contribution in [-0.2, 0) is 5.66 Å². The maximum Gasteiger partial charge on any atom is 0.256 e. The van der Waals surface area contributed by atoms with E-state index in [2.05, 4.69) is 10.2 Å². The number of carbonyl (C=O) groups is 1. The minimum atomic E-state index is -0.841. The first-order valence-corrected chi connectivity index (χ1v) is 11.3. The predicted octanol–water partition coefficient (Wildman–Crippen LogP) is 4.73. The molecule has 0 saturated carbocycles. The van der Waals surface area contributed by atoms with Gasteiger partial charge in [0, 0.05) is 46.9 Å². The smallest absolute Gasteiger partial charge is 0.256 e. The first-order valence-electron chi connectivity index (χ1n) is 10.5. The number of fused-ring (bicyclic) bond motifs is 3. The second-order valence-corrected chi connectivity index (χ2v) is 8.63. The number of hydrogen-bond acceptors (Lipinski definition) is 4. The molecule has 5 rings (SSSR count). The van der Waals surface area contributed by atoms with Gasteiger partial charge in [-0.25, -0.2) is 0 Å². The van der Waals surface area contributed by atoms with Gasteiger partial charge in [0.1, 0.15) is 17.2 Å². The number of carbonyl (C=O) groups excluding carboxylic acids is 1. The van der Waals surface area contributed by atoms with Crippen LogP contribution >= 0.6 is 23.8 Å². The Bertz CT molecular complexity index is 1230. The summed E-state index contributed by atoms with van der Waals surface area (Å²) in [5, 5.41) is 4.25. The molecule has 168 valence electrons. The maximum atomic E-state index is 13.4. The van der Waals surface area contributed by atoms with E-state index in [-0.39, 0.29) is 5.91 Å². The van der Waals surface area contributed by atoms with Gasteiger partial charge in [-0.05, 0) is 18.3 Å². The Kier molecular flexibility index (Phi) is 5.38. The molecule has 0 spiro atoms. The van der Waals surface area contributed by atoms with Crippen LogP contribution in [0.2, 0.25) is 5.02 Å². The monoisotopic (exact) mass is 479 g/mol. The number of amides is 1. The first-order chi connectivity index (χ1) is 16.0. The van der Waals surface area contributed by atoms with E-state index >= 15 is 0 Å². The van der Waals surface area contributed by atoms with Crippen LogP contribution in [0.1, 0.15) is 21.5 Å². The maximum absolute atomic E-state index is 13.4. The largest absolute Gasteiger partial charge is 0.494 e. The molecule has 1 N–H and O–H groups in total. The van der Waals surface area contributed by atoms with E-state index in [1.807, 2.05) is 59.5 Å². The summed E-state index contributed by atoms with van der Waals surface area (Å²) in [6.07, 6.45) is 0. The Balaban J connectivity index is 1.64. The molecule has 0 unspecified atom stereocenters. The van der Waals surface area contributed by atoms with Crippen LogP contribution in [0.5, 0.6) is 11.5 Å². The molecule has 2 aliphatic heterocycles. The number of hydrogen-bond donors (Lipinski definition) is 1. The predicted molar refractivity (Wildman–Crippen MR) is 132 cm³/mol. The Hall–Kier alpha value is -3.29. The number of nitrogens with one attached hydrogen (secondary N) is 1. The normalized spacial score (nSPS) is 18.7. The summed E-state index contributed by atoms with van der Waals surface area (Å²) in [4.78, 5) is 17.4. The minimum Gasteiger partial charge on any atom is -0.494 e. The molecule has 1 atom stereocenters. The zero-order chi connectivity index (χ0) is 23.2. The molecular weight excluding hydrogens is 458 g/mol. The first kappa shape index (κ1) is 21.6. The van der Waals surface area contributed by atoms with Crippen LogP contribution in [0.25, 0.3) is 0 Å². The van der Waals surface area contributed by atoms with Crippen LogP contribution in [0, 0.1) is 0 Å². The lowest BCUT2D eigenvalue weighted by atomic mass is 9.90. The van der Waals surface area contributed by atoms with E-state index in [0.717, 1.165) is 11.1 Å². The fourth-order valence-electron chi connectivity index (χ4n) is 4.89. The molecule has 33 heavy (non-hydrogen) atoms. The number of ether oxygens (including phenoxy) is 2. The van der Waals surface area contributed by atoms with Crippen molar-refractivity contribution in [1.29, 1.82) is 0 Å². The summed E-state index contributed by atoms with van der Waals surface area (Å²) < 4.78 is 11.1. The Morgan fingerprint density at radius 3 is 2.30 bits per heavy atom. The number of thiocarbonyl (C=S) groups is 1. The summed E-state index contributed by atoms with van der Waals surface area (Å²) in [7, 11) is 3.13. The van der Waals surface area contributed by atoms with Crippen LogP contribution < -0.4 is 14.8 Å². The second kappa shape index (κ2) is 8.24. The highest BCUT2D eigenvalue weighted by atomic mass is 35.5. The van der Waals surface area contributed by atoms with Crippen molar-refractivity contribution in [2.75, 3.05) is 32.6 Å². The van der Waals surface area contributed by atoms with Gasteiger partial charge in [0.05, 0.1) is 14.2 Å². The lowest BCUT2D eigenvalue weighted by Crippen LogP contribution is -2.52. The third-order valence-corrected chi connectivity index (χ3v) is 6.77. The van der Waals surface area contributed by atoms with Crippen molar-refractivity contribution < 1.29 is 14.3 Å². The van der Waals surface area contributed by atoms with Gasteiger partial charge in [-0.2, -0.15) is 0 Å². The van der Waals surface area contributed by atoms with Crippen molar-refractivity contribution in [3.63, 3.8) is 0 Å². The van der Waals surface area contributed by atoms with Crippen LogP contribution in [-0.4, -0.2) is 48.1 Å². The van der Waals surface area contributed by atoms with Gasteiger partial charge < -0.3 is 24.6 Å². The molecule has 3 aromatic rings. The SMILES string of the molecule is COc1cc(Cl)cc(OC)c1NC(=S)N1CCN2C(=O)c3ccccc3[C@]21c1ccccc1. The standard InChI is InChI=1S/C25H22ClN3O3S/c1-31-20-14-17(26)15-21(32-2)22(20)27-24(33)29-13-12-28-23(30)18-10-6-7-11-19(18)25(28,29)16-8-4-3-5-9-16/h3-11,14-15H,12-13H2,1-2H3,(H,27,33)/t25-/m1/s1. The van der Waals surface area contributed by atoms with Crippen molar-refractivity contribution >= 4 is 40.5 Å². The van der Waals surface area contributed by atoms with E-state index in [1.54, 1.807) is 26.4 Å². The Morgan fingerprint density at radius 2 is 1.64 bits per heavy atom. The molecule has 1 saturated heterocycles. The van der Waals surface area contributed by atoms with Crippen molar-refractivity contribution in [1.82, 2.24) is 9.80 Å². The number of nitrogens with zero attached hydrogens (tertiary/aromatic N) is 2. The number of anilines is 1. The van der Waals surface area contributed by atoms with Gasteiger partial charge in [-0.3, -0.25) is 4.79 Å². The molecule has 0 aromatic heterocycles. The molecule has 1 fully saturated rings. The van der Waals surface area contributed by atoms with Crippen molar-refractivity contribution in [3.8, 4) is 11.5 Å². The van der Waals surface area contributed by atoms with Gasteiger partial charge in [0.25, 0.3) is 5.91 Å². The van der Waals surface area contributed by atoms with Crippen molar-refractivity contribution in [3.05, 3.63) is 88.4 Å². The van der Waals surface area contributed by atoms with E-state index < -0.39 is 5.66 Å². The highest BCUT2D eigenvalue weighted by Gasteiger charge is 2.58. The average molecular weight is 480 g/mol. The molecule has 0 radical (unpaired) electrons. The minimum absolute atomic E-state index is 0.00130. The molecular formula is C25H22ClN3O3S. The molecule has 2 heterocycles. The summed E-state index contributed by atoms with van der Waals surface area (Å²) in [5.74, 6) is 1.02. The van der Waals surface area contributed by atoms with E-state index in [4.69, 9.17) is 33.3 Å². The highest BCUT2D eigenvalue weighted by molar-refractivity contribution is 7.80. The summed E-state index contributed by atoms with van der Waals surface area (Å²) >= 11 is 12.2.